The van der Waals surface area contributed by atoms with Crippen LogP contribution in [0.2, 0.25) is 0 Å². The molecule has 1 aliphatic rings. The fourth-order valence-electron chi connectivity index (χ4n) is 3.22. The third kappa shape index (κ3) is 5.19. The van der Waals surface area contributed by atoms with Crippen molar-refractivity contribution in [3.8, 4) is 5.75 Å². The highest BCUT2D eigenvalue weighted by Crippen LogP contribution is 2.27. The molecule has 0 aliphatic carbocycles. The molecular formula is C19H29N3O3. The Morgan fingerprint density at radius 3 is 2.56 bits per heavy atom. The zero-order valence-corrected chi connectivity index (χ0v) is 15.6. The molecule has 25 heavy (non-hydrogen) atoms. The Balaban J connectivity index is 1.85. The van der Waals surface area contributed by atoms with Crippen molar-refractivity contribution < 1.29 is 14.3 Å². The van der Waals surface area contributed by atoms with Gasteiger partial charge in [0.2, 0.25) is 11.8 Å². The van der Waals surface area contributed by atoms with E-state index < -0.39 is 0 Å². The van der Waals surface area contributed by atoms with Gasteiger partial charge < -0.3 is 15.0 Å². The van der Waals surface area contributed by atoms with Crippen LogP contribution in [0, 0.1) is 0 Å². The molecule has 1 N–H and O–H groups in total. The maximum atomic E-state index is 12.4. The topological polar surface area (TPSA) is 61.9 Å². The van der Waals surface area contributed by atoms with Crippen molar-refractivity contribution in [2.75, 3.05) is 33.8 Å². The maximum Gasteiger partial charge on any atom is 0.234 e. The number of hydrogen-bond donors (Lipinski definition) is 1. The summed E-state index contributed by atoms with van der Waals surface area (Å²) < 4.78 is 5.41. The average molecular weight is 347 g/mol. The minimum absolute atomic E-state index is 0.0190. The van der Waals surface area contributed by atoms with E-state index in [1.54, 1.807) is 14.0 Å². The first-order chi connectivity index (χ1) is 11.9. The molecule has 0 bridgehead atoms. The Kier molecular flexibility index (Phi) is 6.82. The monoisotopic (exact) mass is 347 g/mol. The number of nitrogens with one attached hydrogen (secondary N) is 1. The summed E-state index contributed by atoms with van der Waals surface area (Å²) in [5, 5.41) is 3.09. The highest BCUT2D eigenvalue weighted by atomic mass is 16.5. The molecule has 0 spiro atoms. The van der Waals surface area contributed by atoms with Crippen LogP contribution >= 0.6 is 0 Å². The van der Waals surface area contributed by atoms with E-state index in [0.29, 0.717) is 19.6 Å². The lowest BCUT2D eigenvalue weighted by Gasteiger charge is -2.32. The zero-order valence-electron chi connectivity index (χ0n) is 15.6. The van der Waals surface area contributed by atoms with E-state index in [1.807, 2.05) is 41.1 Å². The number of likely N-dealkylation sites (tertiary alicyclic amines) is 1. The van der Waals surface area contributed by atoms with Gasteiger partial charge in [0, 0.05) is 37.7 Å². The van der Waals surface area contributed by atoms with Crippen LogP contribution in [0.3, 0.4) is 0 Å². The molecule has 1 heterocycles. The van der Waals surface area contributed by atoms with Crippen LogP contribution < -0.4 is 10.1 Å². The lowest BCUT2D eigenvalue weighted by molar-refractivity contribution is -0.130. The molecule has 0 saturated carbocycles. The van der Waals surface area contributed by atoms with E-state index in [-0.39, 0.29) is 23.9 Å². The summed E-state index contributed by atoms with van der Waals surface area (Å²) >= 11 is 0. The maximum absolute atomic E-state index is 12.4. The molecule has 6 heteroatoms. The first-order valence-corrected chi connectivity index (χ1v) is 8.80. The fraction of sp³-hybridized carbons (Fsp3) is 0.579. The summed E-state index contributed by atoms with van der Waals surface area (Å²) in [6, 6.07) is 8.09. The van der Waals surface area contributed by atoms with E-state index in [2.05, 4.69) is 12.2 Å². The van der Waals surface area contributed by atoms with Gasteiger partial charge in [-0.05, 0) is 32.9 Å². The number of hydrogen-bond acceptors (Lipinski definition) is 4. The van der Waals surface area contributed by atoms with Crippen LogP contribution in [0.25, 0.3) is 0 Å². The van der Waals surface area contributed by atoms with Gasteiger partial charge in [-0.1, -0.05) is 18.2 Å². The van der Waals surface area contributed by atoms with Crippen LogP contribution in [0.15, 0.2) is 24.3 Å². The normalized spacial score (nSPS) is 16.6. The predicted octanol–water partition coefficient (Wildman–Crippen LogP) is 1.82. The van der Waals surface area contributed by atoms with Crippen LogP contribution in [-0.4, -0.2) is 61.4 Å². The molecular weight excluding hydrogens is 318 g/mol. The van der Waals surface area contributed by atoms with Gasteiger partial charge in [0.1, 0.15) is 5.75 Å². The highest BCUT2D eigenvalue weighted by Gasteiger charge is 2.23. The molecule has 0 aromatic heterocycles. The molecule has 1 saturated heterocycles. The van der Waals surface area contributed by atoms with Crippen molar-refractivity contribution in [2.45, 2.75) is 38.8 Å². The third-order valence-electron chi connectivity index (χ3n) is 4.95. The average Bonchev–Trinajstić information content (AvgIpc) is 2.61. The summed E-state index contributed by atoms with van der Waals surface area (Å²) in [6.45, 7) is 5.41. The SMILES string of the molecule is COc1ccccc1[C@H](C)N(C)CC(=O)NC1CCN(C(C)=O)CC1. The van der Waals surface area contributed by atoms with E-state index in [9.17, 15) is 9.59 Å². The first-order valence-electron chi connectivity index (χ1n) is 8.80. The molecule has 1 aromatic carbocycles. The van der Waals surface area contributed by atoms with Crippen LogP contribution in [0.5, 0.6) is 5.75 Å². The summed E-state index contributed by atoms with van der Waals surface area (Å²) in [6.07, 6.45) is 1.63. The molecule has 2 amide bonds. The van der Waals surface area contributed by atoms with Crippen LogP contribution in [0.4, 0.5) is 0 Å². The molecule has 0 unspecified atom stereocenters. The van der Waals surface area contributed by atoms with Gasteiger partial charge in [-0.15, -0.1) is 0 Å². The molecule has 1 aromatic rings. The molecule has 1 fully saturated rings. The van der Waals surface area contributed by atoms with Crippen LogP contribution in [0.1, 0.15) is 38.3 Å². The number of benzene rings is 1. The van der Waals surface area contributed by atoms with Gasteiger partial charge in [0.25, 0.3) is 0 Å². The standard InChI is InChI=1S/C19H29N3O3/c1-14(17-7-5-6-8-18(17)25-4)21(3)13-19(24)20-16-9-11-22(12-10-16)15(2)23/h5-8,14,16H,9-13H2,1-4H3,(H,20,24)/t14-/m0/s1. The van der Waals surface area contributed by atoms with E-state index in [1.165, 1.54) is 0 Å². The number of piperidine rings is 1. The number of carbonyl (C=O) groups is 2. The molecule has 138 valence electrons. The van der Waals surface area contributed by atoms with Gasteiger partial charge in [0.05, 0.1) is 13.7 Å². The van der Waals surface area contributed by atoms with Gasteiger partial charge in [0.15, 0.2) is 0 Å². The molecule has 1 atom stereocenters. The number of amides is 2. The lowest BCUT2D eigenvalue weighted by Crippen LogP contribution is -2.48. The minimum atomic E-state index is 0.0190. The summed E-state index contributed by atoms with van der Waals surface area (Å²) in [5.74, 6) is 0.958. The van der Waals surface area contributed by atoms with Gasteiger partial charge >= 0.3 is 0 Å². The van der Waals surface area contributed by atoms with Crippen molar-refractivity contribution in [3.05, 3.63) is 29.8 Å². The summed E-state index contributed by atoms with van der Waals surface area (Å²) in [4.78, 5) is 27.6. The summed E-state index contributed by atoms with van der Waals surface area (Å²) in [7, 11) is 3.60. The molecule has 2 rings (SSSR count). The first kappa shape index (κ1) is 19.2. The van der Waals surface area contributed by atoms with Gasteiger partial charge in [-0.3, -0.25) is 14.5 Å². The largest absolute Gasteiger partial charge is 0.496 e. The Labute approximate surface area is 150 Å². The molecule has 1 aliphatic heterocycles. The fourth-order valence-corrected chi connectivity index (χ4v) is 3.22. The van der Waals surface area contributed by atoms with Gasteiger partial charge in [-0.25, -0.2) is 0 Å². The third-order valence-corrected chi connectivity index (χ3v) is 4.95. The van der Waals surface area contributed by atoms with E-state index >= 15 is 0 Å². The van der Waals surface area contributed by atoms with Gasteiger partial charge in [-0.2, -0.15) is 0 Å². The highest BCUT2D eigenvalue weighted by molar-refractivity contribution is 5.78. The Bertz CT molecular complexity index is 597. The number of likely N-dealkylation sites (N-methyl/N-ethyl adjacent to an activating group) is 1. The number of carbonyl (C=O) groups excluding carboxylic acids is 2. The summed E-state index contributed by atoms with van der Waals surface area (Å²) in [5.41, 5.74) is 1.06. The minimum Gasteiger partial charge on any atom is -0.496 e. The Morgan fingerprint density at radius 1 is 1.32 bits per heavy atom. The quantitative estimate of drug-likeness (QED) is 0.853. The van der Waals surface area contributed by atoms with Crippen molar-refractivity contribution in [1.29, 1.82) is 0 Å². The van der Waals surface area contributed by atoms with E-state index in [4.69, 9.17) is 4.74 Å². The van der Waals surface area contributed by atoms with E-state index in [0.717, 1.165) is 24.2 Å². The van der Waals surface area contributed by atoms with Crippen molar-refractivity contribution >= 4 is 11.8 Å². The van der Waals surface area contributed by atoms with Crippen molar-refractivity contribution in [1.82, 2.24) is 15.1 Å². The predicted molar refractivity (Wildman–Crippen MR) is 97.5 cm³/mol. The number of methoxy groups -OCH3 is 1. The smallest absolute Gasteiger partial charge is 0.234 e. The number of rotatable bonds is 6. The zero-order chi connectivity index (χ0) is 18.4. The Hall–Kier alpha value is -2.08. The van der Waals surface area contributed by atoms with Crippen LogP contribution in [-0.2, 0) is 9.59 Å². The number of ether oxygens (including phenoxy) is 1. The molecule has 6 nitrogen and oxygen atoms in total. The lowest BCUT2D eigenvalue weighted by atomic mass is 10.0. The Morgan fingerprint density at radius 2 is 1.96 bits per heavy atom. The second kappa shape index (κ2) is 8.85. The second-order valence-corrected chi connectivity index (χ2v) is 6.68. The molecule has 0 radical (unpaired) electrons. The second-order valence-electron chi connectivity index (χ2n) is 6.68. The number of nitrogens with zero attached hydrogens (tertiary/aromatic N) is 2. The van der Waals surface area contributed by atoms with Crippen molar-refractivity contribution in [3.63, 3.8) is 0 Å². The number of para-hydroxylation sites is 1. The van der Waals surface area contributed by atoms with Crippen molar-refractivity contribution in [2.24, 2.45) is 0 Å².